The van der Waals surface area contributed by atoms with Crippen molar-refractivity contribution < 1.29 is 0 Å². The molecule has 0 bridgehead atoms. The summed E-state index contributed by atoms with van der Waals surface area (Å²) < 4.78 is 2.23. The Bertz CT molecular complexity index is 509. The Morgan fingerprint density at radius 2 is 2.24 bits per heavy atom. The Labute approximate surface area is 102 Å². The van der Waals surface area contributed by atoms with Gasteiger partial charge in [0.15, 0.2) is 0 Å². The van der Waals surface area contributed by atoms with Crippen LogP contribution in [-0.4, -0.2) is 22.5 Å². The van der Waals surface area contributed by atoms with E-state index in [-0.39, 0.29) is 0 Å². The average molecular weight is 229 g/mol. The highest BCUT2D eigenvalue weighted by Crippen LogP contribution is 2.18. The molecule has 2 aromatic rings. The van der Waals surface area contributed by atoms with Crippen LogP contribution in [0.15, 0.2) is 24.5 Å². The summed E-state index contributed by atoms with van der Waals surface area (Å²) in [6.45, 7) is 4.44. The van der Waals surface area contributed by atoms with Gasteiger partial charge in [-0.3, -0.25) is 0 Å². The van der Waals surface area contributed by atoms with Crippen LogP contribution in [0.3, 0.4) is 0 Å². The maximum Gasteiger partial charge on any atom is 0.113 e. The van der Waals surface area contributed by atoms with Crippen LogP contribution in [0.5, 0.6) is 0 Å². The molecule has 1 aliphatic rings. The molecule has 17 heavy (non-hydrogen) atoms. The molecule has 3 rings (SSSR count). The van der Waals surface area contributed by atoms with Crippen LogP contribution in [0.4, 0.5) is 0 Å². The Morgan fingerprint density at radius 1 is 1.41 bits per heavy atom. The van der Waals surface area contributed by atoms with Gasteiger partial charge in [0.1, 0.15) is 5.82 Å². The Kier molecular flexibility index (Phi) is 2.85. The highest BCUT2D eigenvalue weighted by molar-refractivity contribution is 5.48. The topological polar surface area (TPSA) is 29.3 Å². The maximum absolute atomic E-state index is 4.57. The molecule has 1 saturated heterocycles. The molecule has 90 valence electrons. The predicted octanol–water partition coefficient (Wildman–Crippen LogP) is 2.18. The highest BCUT2D eigenvalue weighted by Gasteiger charge is 2.15. The molecule has 3 heteroatoms. The molecule has 1 aliphatic heterocycles. The molecule has 0 spiro atoms. The van der Waals surface area contributed by atoms with E-state index in [0.717, 1.165) is 25.4 Å². The number of aromatic nitrogens is 2. The summed E-state index contributed by atoms with van der Waals surface area (Å²) in [6.07, 6.45) is 7.80. The van der Waals surface area contributed by atoms with Crippen LogP contribution in [0, 0.1) is 12.8 Å². The second kappa shape index (κ2) is 4.49. The van der Waals surface area contributed by atoms with Crippen molar-refractivity contribution in [1.29, 1.82) is 0 Å². The minimum absolute atomic E-state index is 0.795. The lowest BCUT2D eigenvalue weighted by molar-refractivity contribution is 0.367. The number of hydrogen-bond donors (Lipinski definition) is 1. The molecule has 0 aromatic carbocycles. The van der Waals surface area contributed by atoms with Crippen molar-refractivity contribution in [3.05, 3.63) is 35.9 Å². The second-order valence-corrected chi connectivity index (χ2v) is 5.07. The molecule has 1 fully saturated rings. The first kappa shape index (κ1) is 10.8. The first-order chi connectivity index (χ1) is 8.33. The van der Waals surface area contributed by atoms with Crippen molar-refractivity contribution >= 4 is 5.52 Å². The SMILES string of the molecule is Cc1ccn2c(CC3CCNCC3)ncc2c1. The van der Waals surface area contributed by atoms with Gasteiger partial charge in [-0.05, 0) is 56.5 Å². The van der Waals surface area contributed by atoms with Gasteiger partial charge in [0.25, 0.3) is 0 Å². The second-order valence-electron chi connectivity index (χ2n) is 5.07. The van der Waals surface area contributed by atoms with E-state index in [9.17, 15) is 0 Å². The summed E-state index contributed by atoms with van der Waals surface area (Å²) >= 11 is 0. The zero-order valence-corrected chi connectivity index (χ0v) is 10.3. The molecule has 0 unspecified atom stereocenters. The molecular weight excluding hydrogens is 210 g/mol. The summed E-state index contributed by atoms with van der Waals surface area (Å²) in [7, 11) is 0. The Hall–Kier alpha value is -1.35. The van der Waals surface area contributed by atoms with Crippen LogP contribution in [0.1, 0.15) is 24.2 Å². The van der Waals surface area contributed by atoms with Gasteiger partial charge >= 0.3 is 0 Å². The minimum Gasteiger partial charge on any atom is -0.317 e. The van der Waals surface area contributed by atoms with Crippen molar-refractivity contribution in [2.45, 2.75) is 26.2 Å². The van der Waals surface area contributed by atoms with Crippen molar-refractivity contribution in [1.82, 2.24) is 14.7 Å². The fourth-order valence-corrected chi connectivity index (χ4v) is 2.66. The first-order valence-electron chi connectivity index (χ1n) is 6.46. The van der Waals surface area contributed by atoms with Gasteiger partial charge in [0.2, 0.25) is 0 Å². The minimum atomic E-state index is 0.795. The quantitative estimate of drug-likeness (QED) is 0.855. The van der Waals surface area contributed by atoms with E-state index in [1.165, 1.54) is 29.7 Å². The molecule has 0 saturated carbocycles. The van der Waals surface area contributed by atoms with Crippen molar-refractivity contribution in [2.24, 2.45) is 5.92 Å². The number of aryl methyl sites for hydroxylation is 1. The zero-order valence-electron chi connectivity index (χ0n) is 10.3. The van der Waals surface area contributed by atoms with Gasteiger partial charge < -0.3 is 9.72 Å². The number of nitrogens with one attached hydrogen (secondary N) is 1. The number of rotatable bonds is 2. The molecule has 0 radical (unpaired) electrons. The highest BCUT2D eigenvalue weighted by atomic mass is 15.0. The summed E-state index contributed by atoms with van der Waals surface area (Å²) in [5.41, 5.74) is 2.51. The standard InChI is InChI=1S/C14H19N3/c1-11-4-7-17-13(8-11)10-16-14(17)9-12-2-5-15-6-3-12/h4,7-8,10,12,15H,2-3,5-6,9H2,1H3. The van der Waals surface area contributed by atoms with E-state index >= 15 is 0 Å². The Balaban J connectivity index is 1.84. The molecular formula is C14H19N3. The third-order valence-corrected chi connectivity index (χ3v) is 3.69. The normalized spacial score (nSPS) is 17.7. The van der Waals surface area contributed by atoms with E-state index < -0.39 is 0 Å². The van der Waals surface area contributed by atoms with Crippen molar-refractivity contribution in [3.63, 3.8) is 0 Å². The van der Waals surface area contributed by atoms with Gasteiger partial charge in [0, 0.05) is 12.6 Å². The smallest absolute Gasteiger partial charge is 0.113 e. The number of fused-ring (bicyclic) bond motifs is 1. The third kappa shape index (κ3) is 2.20. The van der Waals surface area contributed by atoms with E-state index in [1.54, 1.807) is 0 Å². The zero-order chi connectivity index (χ0) is 11.7. The van der Waals surface area contributed by atoms with Gasteiger partial charge in [-0.15, -0.1) is 0 Å². The first-order valence-corrected chi connectivity index (χ1v) is 6.46. The fourth-order valence-electron chi connectivity index (χ4n) is 2.66. The third-order valence-electron chi connectivity index (χ3n) is 3.69. The monoisotopic (exact) mass is 229 g/mol. The largest absolute Gasteiger partial charge is 0.317 e. The van der Waals surface area contributed by atoms with Crippen LogP contribution in [0.2, 0.25) is 0 Å². The Morgan fingerprint density at radius 3 is 3.06 bits per heavy atom. The van der Waals surface area contributed by atoms with E-state index in [4.69, 9.17) is 0 Å². The summed E-state index contributed by atoms with van der Waals surface area (Å²) in [5, 5.41) is 3.41. The number of nitrogens with zero attached hydrogens (tertiary/aromatic N) is 2. The van der Waals surface area contributed by atoms with Gasteiger partial charge in [-0.25, -0.2) is 4.98 Å². The van der Waals surface area contributed by atoms with E-state index in [2.05, 4.69) is 40.0 Å². The maximum atomic E-state index is 4.57. The van der Waals surface area contributed by atoms with Gasteiger partial charge in [-0.1, -0.05) is 0 Å². The van der Waals surface area contributed by atoms with Crippen LogP contribution in [-0.2, 0) is 6.42 Å². The van der Waals surface area contributed by atoms with Crippen LogP contribution in [0.25, 0.3) is 5.52 Å². The lowest BCUT2D eigenvalue weighted by Crippen LogP contribution is -2.29. The van der Waals surface area contributed by atoms with Crippen molar-refractivity contribution in [3.8, 4) is 0 Å². The number of hydrogen-bond acceptors (Lipinski definition) is 2. The number of pyridine rings is 1. The summed E-state index contributed by atoms with van der Waals surface area (Å²) in [4.78, 5) is 4.57. The van der Waals surface area contributed by atoms with Crippen LogP contribution < -0.4 is 5.32 Å². The number of piperidine rings is 1. The lowest BCUT2D eigenvalue weighted by atomic mass is 9.94. The molecule has 3 heterocycles. The molecule has 2 aromatic heterocycles. The van der Waals surface area contributed by atoms with Gasteiger partial charge in [0.05, 0.1) is 11.7 Å². The molecule has 0 atom stereocenters. The van der Waals surface area contributed by atoms with Crippen molar-refractivity contribution in [2.75, 3.05) is 13.1 Å². The average Bonchev–Trinajstić information content (AvgIpc) is 2.73. The molecule has 0 aliphatic carbocycles. The number of imidazole rings is 1. The molecule has 0 amide bonds. The summed E-state index contributed by atoms with van der Waals surface area (Å²) in [5.74, 6) is 2.01. The van der Waals surface area contributed by atoms with E-state index in [1.807, 2.05) is 6.20 Å². The fraction of sp³-hybridized carbons (Fsp3) is 0.500. The lowest BCUT2D eigenvalue weighted by Gasteiger charge is -2.21. The van der Waals surface area contributed by atoms with Gasteiger partial charge in [-0.2, -0.15) is 0 Å². The summed E-state index contributed by atoms with van der Waals surface area (Å²) in [6, 6.07) is 4.35. The molecule has 1 N–H and O–H groups in total. The van der Waals surface area contributed by atoms with Crippen LogP contribution >= 0.6 is 0 Å². The molecule has 3 nitrogen and oxygen atoms in total. The predicted molar refractivity (Wildman–Crippen MR) is 69.2 cm³/mol. The van der Waals surface area contributed by atoms with E-state index in [0.29, 0.717) is 0 Å².